The molecule has 1 saturated carbocycles. The van der Waals surface area contributed by atoms with Gasteiger partial charge >= 0.3 is 5.69 Å². The van der Waals surface area contributed by atoms with Gasteiger partial charge in [-0.05, 0) is 48.8 Å². The van der Waals surface area contributed by atoms with Gasteiger partial charge < -0.3 is 11.6 Å². The Hall–Kier alpha value is -3.30. The first-order valence-electron chi connectivity index (χ1n) is 9.91. The number of nitrogen functional groups attached to an aromatic ring is 1. The van der Waals surface area contributed by atoms with Crippen LogP contribution in [0.2, 0.25) is 0 Å². The molecule has 7 nitrogen and oxygen atoms in total. The molecular formula is C22H20FN5O2S. The number of pyridine rings is 2. The van der Waals surface area contributed by atoms with Crippen LogP contribution in [-0.4, -0.2) is 14.1 Å². The number of thiophene rings is 1. The maximum absolute atomic E-state index is 15.5. The average molecular weight is 438 g/mol. The van der Waals surface area contributed by atoms with Gasteiger partial charge in [0, 0.05) is 39.9 Å². The summed E-state index contributed by atoms with van der Waals surface area (Å²) in [6.45, 7) is 2.00. The molecular weight excluding hydrogens is 417 g/mol. The van der Waals surface area contributed by atoms with Gasteiger partial charge in [-0.1, -0.05) is 6.07 Å². The zero-order valence-corrected chi connectivity index (χ0v) is 17.6. The maximum atomic E-state index is 15.5. The summed E-state index contributed by atoms with van der Waals surface area (Å²) in [6.07, 6.45) is 4.49. The molecule has 4 N–H and O–H groups in total. The number of nitrogens with zero attached hydrogens (tertiary/aromatic N) is 3. The maximum Gasteiger partial charge on any atom is 0.354 e. The summed E-state index contributed by atoms with van der Waals surface area (Å²) in [6, 6.07) is 5.63. The van der Waals surface area contributed by atoms with Gasteiger partial charge in [0.15, 0.2) is 0 Å². The van der Waals surface area contributed by atoms with Gasteiger partial charge in [-0.15, -0.1) is 11.3 Å². The second-order valence-corrected chi connectivity index (χ2v) is 8.62. The first kappa shape index (κ1) is 19.7. The van der Waals surface area contributed by atoms with Gasteiger partial charge in [-0.25, -0.2) is 9.18 Å². The molecule has 0 atom stereocenters. The van der Waals surface area contributed by atoms with Crippen molar-refractivity contribution < 1.29 is 4.39 Å². The van der Waals surface area contributed by atoms with E-state index >= 15 is 4.39 Å². The molecule has 5 rings (SSSR count). The Labute approximate surface area is 180 Å². The topological polar surface area (TPSA) is 108 Å². The van der Waals surface area contributed by atoms with Crippen molar-refractivity contribution in [3.05, 3.63) is 79.4 Å². The Kier molecular flexibility index (Phi) is 4.53. The summed E-state index contributed by atoms with van der Waals surface area (Å²) >= 11 is 1.39. The van der Waals surface area contributed by atoms with Crippen LogP contribution in [0.15, 0.2) is 45.6 Å². The second-order valence-electron chi connectivity index (χ2n) is 7.71. The third-order valence-electron chi connectivity index (χ3n) is 5.82. The molecule has 4 aromatic heterocycles. The molecule has 0 aliphatic heterocycles. The number of hydrogen-bond acceptors (Lipinski definition) is 6. The van der Waals surface area contributed by atoms with Crippen molar-refractivity contribution >= 4 is 16.9 Å². The standard InChI is InChI=1S/C22H20FN5O2S/c1-11-17(20-14(6-8-31-20)13-3-2-7-26-16(13)9-24)15(23)10-27-19(11)18(12-4-5-12)21(29)28(25)22(27)30/h2-3,6-8,10,12H,4-5,9,24-25H2,1H3. The normalized spacial score (nSPS) is 13.8. The molecule has 1 aliphatic carbocycles. The zero-order valence-electron chi connectivity index (χ0n) is 16.8. The third kappa shape index (κ3) is 2.92. The van der Waals surface area contributed by atoms with E-state index in [0.29, 0.717) is 37.5 Å². The molecule has 158 valence electrons. The largest absolute Gasteiger partial charge is 0.354 e. The fourth-order valence-corrected chi connectivity index (χ4v) is 5.23. The minimum atomic E-state index is -0.762. The van der Waals surface area contributed by atoms with Crippen molar-refractivity contribution in [3.63, 3.8) is 0 Å². The quantitative estimate of drug-likeness (QED) is 0.477. The second kappa shape index (κ2) is 7.14. The SMILES string of the molecule is Cc1c(-c2sccc2-c2cccnc2CN)c(F)cn2c(=O)n(N)c(=O)c(C3CC3)c12. The first-order valence-corrected chi connectivity index (χ1v) is 10.8. The number of aromatic nitrogens is 3. The van der Waals surface area contributed by atoms with E-state index in [4.69, 9.17) is 11.6 Å². The average Bonchev–Trinajstić information content (AvgIpc) is 3.50. The van der Waals surface area contributed by atoms with E-state index < -0.39 is 17.1 Å². The van der Waals surface area contributed by atoms with Crippen LogP contribution < -0.4 is 22.8 Å². The molecule has 1 fully saturated rings. The lowest BCUT2D eigenvalue weighted by molar-refractivity contribution is 0.616. The van der Waals surface area contributed by atoms with Crippen LogP contribution in [0.4, 0.5) is 4.39 Å². The lowest BCUT2D eigenvalue weighted by atomic mass is 9.97. The molecule has 9 heteroatoms. The van der Waals surface area contributed by atoms with E-state index in [1.54, 1.807) is 13.1 Å². The molecule has 0 aromatic carbocycles. The Bertz CT molecular complexity index is 1470. The van der Waals surface area contributed by atoms with E-state index in [9.17, 15) is 9.59 Å². The molecule has 0 saturated heterocycles. The Balaban J connectivity index is 1.86. The van der Waals surface area contributed by atoms with Crippen LogP contribution in [0.25, 0.3) is 27.1 Å². The van der Waals surface area contributed by atoms with Gasteiger partial charge in [-0.3, -0.25) is 14.2 Å². The minimum Gasteiger partial charge on any atom is -0.332 e. The lowest BCUT2D eigenvalue weighted by Crippen LogP contribution is -2.44. The van der Waals surface area contributed by atoms with E-state index in [1.807, 2.05) is 23.6 Å². The van der Waals surface area contributed by atoms with Crippen LogP contribution in [0.5, 0.6) is 0 Å². The van der Waals surface area contributed by atoms with Gasteiger partial charge in [0.2, 0.25) is 0 Å². The highest BCUT2D eigenvalue weighted by Crippen LogP contribution is 2.44. The predicted octanol–water partition coefficient (Wildman–Crippen LogP) is 2.75. The molecule has 0 amide bonds. The van der Waals surface area contributed by atoms with Crippen molar-refractivity contribution in [2.75, 3.05) is 5.84 Å². The predicted molar refractivity (Wildman–Crippen MR) is 119 cm³/mol. The number of halogens is 1. The third-order valence-corrected chi connectivity index (χ3v) is 6.75. The van der Waals surface area contributed by atoms with E-state index in [0.717, 1.165) is 34.6 Å². The molecule has 0 spiro atoms. The van der Waals surface area contributed by atoms with E-state index in [2.05, 4.69) is 4.98 Å². The van der Waals surface area contributed by atoms with Crippen LogP contribution in [0.1, 0.15) is 35.6 Å². The smallest absolute Gasteiger partial charge is 0.332 e. The van der Waals surface area contributed by atoms with Gasteiger partial charge in [-0.2, -0.15) is 4.68 Å². The Morgan fingerprint density at radius 2 is 2.03 bits per heavy atom. The fraction of sp³-hybridized carbons (Fsp3) is 0.227. The number of fused-ring (bicyclic) bond motifs is 1. The zero-order chi connectivity index (χ0) is 21.9. The summed E-state index contributed by atoms with van der Waals surface area (Å²) in [4.78, 5) is 30.5. The van der Waals surface area contributed by atoms with Crippen molar-refractivity contribution in [1.82, 2.24) is 14.1 Å². The molecule has 0 unspecified atom stereocenters. The van der Waals surface area contributed by atoms with Crippen molar-refractivity contribution in [2.45, 2.75) is 32.2 Å². The van der Waals surface area contributed by atoms with Crippen LogP contribution in [0.3, 0.4) is 0 Å². The van der Waals surface area contributed by atoms with Gasteiger partial charge in [0.1, 0.15) is 5.82 Å². The lowest BCUT2D eigenvalue weighted by Gasteiger charge is -2.16. The van der Waals surface area contributed by atoms with Crippen LogP contribution in [-0.2, 0) is 6.54 Å². The minimum absolute atomic E-state index is 0.0277. The number of nitrogens with two attached hydrogens (primary N) is 2. The number of hydrogen-bond donors (Lipinski definition) is 2. The summed E-state index contributed by atoms with van der Waals surface area (Å²) in [7, 11) is 0. The molecule has 1 aliphatic rings. The molecule has 31 heavy (non-hydrogen) atoms. The summed E-state index contributed by atoms with van der Waals surface area (Å²) in [5.41, 5.74) is 8.77. The summed E-state index contributed by atoms with van der Waals surface area (Å²) in [5, 5.41) is 1.88. The van der Waals surface area contributed by atoms with Crippen LogP contribution in [0, 0.1) is 12.7 Å². The highest BCUT2D eigenvalue weighted by molar-refractivity contribution is 7.14. The van der Waals surface area contributed by atoms with Gasteiger partial charge in [0.25, 0.3) is 5.56 Å². The first-order chi connectivity index (χ1) is 14.9. The van der Waals surface area contributed by atoms with Crippen LogP contribution >= 0.6 is 11.3 Å². The Morgan fingerprint density at radius 1 is 1.26 bits per heavy atom. The van der Waals surface area contributed by atoms with E-state index in [-0.39, 0.29) is 12.5 Å². The molecule has 0 bridgehead atoms. The highest BCUT2D eigenvalue weighted by Gasteiger charge is 2.32. The number of rotatable bonds is 4. The molecule has 0 radical (unpaired) electrons. The summed E-state index contributed by atoms with van der Waals surface area (Å²) < 4.78 is 17.2. The molecule has 4 heterocycles. The fourth-order valence-electron chi connectivity index (χ4n) is 4.22. The molecule has 4 aromatic rings. The van der Waals surface area contributed by atoms with Crippen molar-refractivity contribution in [1.29, 1.82) is 0 Å². The van der Waals surface area contributed by atoms with E-state index in [1.165, 1.54) is 11.3 Å². The summed E-state index contributed by atoms with van der Waals surface area (Å²) in [5.74, 6) is 5.18. The Morgan fingerprint density at radius 3 is 2.74 bits per heavy atom. The van der Waals surface area contributed by atoms with Crippen molar-refractivity contribution in [2.24, 2.45) is 5.73 Å². The number of aryl methyl sites for hydroxylation is 1. The van der Waals surface area contributed by atoms with Gasteiger partial charge in [0.05, 0.1) is 17.4 Å². The van der Waals surface area contributed by atoms with Crippen molar-refractivity contribution in [3.8, 4) is 21.6 Å². The monoisotopic (exact) mass is 437 g/mol. The highest BCUT2D eigenvalue weighted by atomic mass is 32.1.